The number of nitrogens with two attached hydrogens (primary N) is 1. The summed E-state index contributed by atoms with van der Waals surface area (Å²) in [4.78, 5) is 14.3. The summed E-state index contributed by atoms with van der Waals surface area (Å²) >= 11 is 0. The van der Waals surface area contributed by atoms with E-state index in [-0.39, 0.29) is 5.91 Å². The van der Waals surface area contributed by atoms with Gasteiger partial charge >= 0.3 is 0 Å². The Balaban J connectivity index is 2.15. The lowest BCUT2D eigenvalue weighted by Crippen LogP contribution is -2.30. The maximum Gasteiger partial charge on any atom is 0.254 e. The van der Waals surface area contributed by atoms with Gasteiger partial charge in [-0.15, -0.1) is 0 Å². The molecule has 0 saturated carbocycles. The normalized spacial score (nSPS) is 19.7. The van der Waals surface area contributed by atoms with Gasteiger partial charge in [0.1, 0.15) is 0 Å². The molecule has 1 aromatic rings. The van der Waals surface area contributed by atoms with E-state index in [9.17, 15) is 4.79 Å². The molecule has 1 amide bonds. The van der Waals surface area contributed by atoms with Crippen molar-refractivity contribution < 1.29 is 4.79 Å². The molecule has 2 rings (SSSR count). The number of hydrogen-bond donors (Lipinski definition) is 1. The Labute approximate surface area is 103 Å². The number of likely N-dealkylation sites (tertiary alicyclic amines) is 1. The molecule has 1 aliphatic rings. The average molecular weight is 232 g/mol. The van der Waals surface area contributed by atoms with Crippen molar-refractivity contribution in [2.75, 3.05) is 19.6 Å². The van der Waals surface area contributed by atoms with Gasteiger partial charge in [0.25, 0.3) is 5.91 Å². The zero-order chi connectivity index (χ0) is 12.4. The van der Waals surface area contributed by atoms with E-state index in [1.165, 1.54) is 5.56 Å². The molecule has 0 radical (unpaired) electrons. The predicted octanol–water partition coefficient (Wildman–Crippen LogP) is 1.72. The van der Waals surface area contributed by atoms with E-state index >= 15 is 0 Å². The lowest BCUT2D eigenvalue weighted by Gasteiger charge is -2.17. The summed E-state index contributed by atoms with van der Waals surface area (Å²) in [5.41, 5.74) is 8.73. The Morgan fingerprint density at radius 1 is 1.47 bits per heavy atom. The molecular weight excluding hydrogens is 212 g/mol. The van der Waals surface area contributed by atoms with Crippen molar-refractivity contribution in [3.63, 3.8) is 0 Å². The van der Waals surface area contributed by atoms with E-state index in [1.54, 1.807) is 0 Å². The van der Waals surface area contributed by atoms with Crippen LogP contribution in [0.4, 0.5) is 0 Å². The molecule has 1 fully saturated rings. The number of benzene rings is 1. The fourth-order valence-electron chi connectivity index (χ4n) is 2.43. The summed E-state index contributed by atoms with van der Waals surface area (Å²) in [6, 6.07) is 5.99. The molecule has 0 aromatic heterocycles. The van der Waals surface area contributed by atoms with Gasteiger partial charge in [-0.2, -0.15) is 0 Å². The monoisotopic (exact) mass is 232 g/mol. The van der Waals surface area contributed by atoms with Gasteiger partial charge < -0.3 is 10.6 Å². The Bertz CT molecular complexity index is 428. The van der Waals surface area contributed by atoms with Gasteiger partial charge in [0.15, 0.2) is 0 Å². The Kier molecular flexibility index (Phi) is 3.48. The van der Waals surface area contributed by atoms with Crippen LogP contribution in [-0.4, -0.2) is 30.4 Å². The summed E-state index contributed by atoms with van der Waals surface area (Å²) in [5.74, 6) is 0.628. The molecule has 1 aromatic carbocycles. The van der Waals surface area contributed by atoms with E-state index in [0.29, 0.717) is 12.5 Å². The third kappa shape index (κ3) is 2.50. The van der Waals surface area contributed by atoms with Crippen LogP contribution in [0.1, 0.15) is 27.9 Å². The zero-order valence-electron chi connectivity index (χ0n) is 10.6. The van der Waals surface area contributed by atoms with Crippen LogP contribution in [0.2, 0.25) is 0 Å². The molecule has 1 aliphatic heterocycles. The van der Waals surface area contributed by atoms with E-state index < -0.39 is 0 Å². The third-order valence-corrected chi connectivity index (χ3v) is 3.52. The first kappa shape index (κ1) is 12.1. The summed E-state index contributed by atoms with van der Waals surface area (Å²) in [5, 5.41) is 0. The van der Waals surface area contributed by atoms with Crippen LogP contribution in [0.15, 0.2) is 18.2 Å². The van der Waals surface area contributed by atoms with Crippen molar-refractivity contribution in [2.45, 2.75) is 20.3 Å². The maximum atomic E-state index is 12.3. The van der Waals surface area contributed by atoms with Crippen molar-refractivity contribution in [2.24, 2.45) is 11.7 Å². The summed E-state index contributed by atoms with van der Waals surface area (Å²) < 4.78 is 0. The summed E-state index contributed by atoms with van der Waals surface area (Å²) in [6.07, 6.45) is 1.03. The van der Waals surface area contributed by atoms with E-state index in [2.05, 4.69) is 6.07 Å². The highest BCUT2D eigenvalue weighted by Crippen LogP contribution is 2.19. The van der Waals surface area contributed by atoms with E-state index in [4.69, 9.17) is 5.73 Å². The largest absolute Gasteiger partial charge is 0.338 e. The van der Waals surface area contributed by atoms with Crippen LogP contribution in [0.3, 0.4) is 0 Å². The van der Waals surface area contributed by atoms with Crippen molar-refractivity contribution in [1.82, 2.24) is 4.90 Å². The Morgan fingerprint density at radius 2 is 2.24 bits per heavy atom. The molecule has 3 nitrogen and oxygen atoms in total. The number of aryl methyl sites for hydroxylation is 2. The highest BCUT2D eigenvalue weighted by Gasteiger charge is 2.26. The number of nitrogens with zero attached hydrogens (tertiary/aromatic N) is 1. The van der Waals surface area contributed by atoms with Gasteiger partial charge in [0.2, 0.25) is 0 Å². The fourth-order valence-corrected chi connectivity index (χ4v) is 2.43. The molecule has 3 heteroatoms. The first-order valence-electron chi connectivity index (χ1n) is 6.18. The van der Waals surface area contributed by atoms with Crippen molar-refractivity contribution in [3.8, 4) is 0 Å². The number of carbonyl (C=O) groups excluding carboxylic acids is 1. The average Bonchev–Trinajstić information content (AvgIpc) is 2.76. The molecule has 0 aliphatic carbocycles. The van der Waals surface area contributed by atoms with Gasteiger partial charge in [0.05, 0.1) is 0 Å². The van der Waals surface area contributed by atoms with Gasteiger partial charge in [-0.05, 0) is 44.4 Å². The molecule has 92 valence electrons. The second-order valence-electron chi connectivity index (χ2n) is 4.96. The zero-order valence-corrected chi connectivity index (χ0v) is 10.6. The van der Waals surface area contributed by atoms with E-state index in [1.807, 2.05) is 30.9 Å². The lowest BCUT2D eigenvalue weighted by atomic mass is 10.0. The molecule has 17 heavy (non-hydrogen) atoms. The maximum absolute atomic E-state index is 12.3. The predicted molar refractivity (Wildman–Crippen MR) is 69.0 cm³/mol. The van der Waals surface area contributed by atoms with Gasteiger partial charge in [0, 0.05) is 18.7 Å². The molecule has 0 unspecified atom stereocenters. The lowest BCUT2D eigenvalue weighted by molar-refractivity contribution is 0.0787. The number of amides is 1. The first-order valence-corrected chi connectivity index (χ1v) is 6.18. The van der Waals surface area contributed by atoms with Crippen molar-refractivity contribution >= 4 is 5.91 Å². The molecule has 1 saturated heterocycles. The smallest absolute Gasteiger partial charge is 0.254 e. The Hall–Kier alpha value is -1.35. The highest BCUT2D eigenvalue weighted by molar-refractivity contribution is 5.95. The SMILES string of the molecule is Cc1ccc(C(=O)N2CC[C@@H](CN)C2)c(C)c1. The van der Waals surface area contributed by atoms with Crippen LogP contribution in [0, 0.1) is 19.8 Å². The molecule has 0 bridgehead atoms. The number of hydrogen-bond acceptors (Lipinski definition) is 2. The van der Waals surface area contributed by atoms with Crippen LogP contribution in [0.5, 0.6) is 0 Å². The topological polar surface area (TPSA) is 46.3 Å². The van der Waals surface area contributed by atoms with Crippen LogP contribution < -0.4 is 5.73 Å². The molecule has 1 atom stereocenters. The summed E-state index contributed by atoms with van der Waals surface area (Å²) in [7, 11) is 0. The molecule has 0 spiro atoms. The van der Waals surface area contributed by atoms with E-state index in [0.717, 1.165) is 30.6 Å². The van der Waals surface area contributed by atoms with Crippen molar-refractivity contribution in [1.29, 1.82) is 0 Å². The van der Waals surface area contributed by atoms with Crippen LogP contribution in [-0.2, 0) is 0 Å². The van der Waals surface area contributed by atoms with Crippen LogP contribution in [0.25, 0.3) is 0 Å². The second kappa shape index (κ2) is 4.88. The minimum absolute atomic E-state index is 0.151. The molecule has 2 N–H and O–H groups in total. The number of carbonyl (C=O) groups is 1. The third-order valence-electron chi connectivity index (χ3n) is 3.52. The molecule has 1 heterocycles. The standard InChI is InChI=1S/C14H20N2O/c1-10-3-4-13(11(2)7-10)14(17)16-6-5-12(8-15)9-16/h3-4,7,12H,5-6,8-9,15H2,1-2H3/t12-/m0/s1. The van der Waals surface area contributed by atoms with Gasteiger partial charge in [-0.1, -0.05) is 17.7 Å². The first-order chi connectivity index (χ1) is 8.11. The minimum atomic E-state index is 0.151. The summed E-state index contributed by atoms with van der Waals surface area (Å²) in [6.45, 7) is 6.37. The minimum Gasteiger partial charge on any atom is -0.338 e. The van der Waals surface area contributed by atoms with Gasteiger partial charge in [-0.3, -0.25) is 4.79 Å². The number of rotatable bonds is 2. The second-order valence-corrected chi connectivity index (χ2v) is 4.96. The van der Waals surface area contributed by atoms with Crippen LogP contribution >= 0.6 is 0 Å². The Morgan fingerprint density at radius 3 is 2.82 bits per heavy atom. The highest BCUT2D eigenvalue weighted by atomic mass is 16.2. The quantitative estimate of drug-likeness (QED) is 0.844. The molecular formula is C14H20N2O. The fraction of sp³-hybridized carbons (Fsp3) is 0.500. The van der Waals surface area contributed by atoms with Crippen molar-refractivity contribution in [3.05, 3.63) is 34.9 Å². The van der Waals surface area contributed by atoms with Gasteiger partial charge in [-0.25, -0.2) is 0 Å².